The Morgan fingerprint density at radius 2 is 1.05 bits per heavy atom. The van der Waals surface area contributed by atoms with Crippen LogP contribution < -0.4 is 0 Å². The number of rotatable bonds is 18. The molecular weight excluding hydrogens is 795 g/mol. The summed E-state index contributed by atoms with van der Waals surface area (Å²) in [6, 6.07) is 27.7. The minimum absolute atomic E-state index is 0. The van der Waals surface area contributed by atoms with Crippen LogP contribution in [0.25, 0.3) is 0 Å². The average Bonchev–Trinajstić information content (AvgIpc) is 3.12. The Morgan fingerprint density at radius 1 is 0.679 bits per heavy atom. The first kappa shape index (κ1) is 50.7. The molecule has 56 heavy (non-hydrogen) atoms. The van der Waals surface area contributed by atoms with Crippen LogP contribution in [0.4, 0.5) is 0 Å². The van der Waals surface area contributed by atoms with E-state index in [1.807, 2.05) is 74.8 Å². The number of carbonyl (C=O) groups is 5. The molecular formula is C39H52CaCl2N4O10. The fourth-order valence-electron chi connectivity index (χ4n) is 6.63. The van der Waals surface area contributed by atoms with Crippen LogP contribution in [0.2, 0.25) is 5.02 Å². The third kappa shape index (κ3) is 15.6. The Kier molecular flexibility index (Phi) is 22.1. The number of halogens is 2. The van der Waals surface area contributed by atoms with E-state index < -0.39 is 61.1 Å². The summed E-state index contributed by atoms with van der Waals surface area (Å²) in [5.74, 6) is -4.83. The molecule has 1 amide bonds. The molecule has 4 rings (SSSR count). The predicted molar refractivity (Wildman–Crippen MR) is 217 cm³/mol. The van der Waals surface area contributed by atoms with Crippen LogP contribution in [0.15, 0.2) is 84.9 Å². The van der Waals surface area contributed by atoms with Crippen molar-refractivity contribution in [1.82, 2.24) is 19.6 Å². The van der Waals surface area contributed by atoms with Crippen LogP contribution in [0.3, 0.4) is 0 Å². The van der Waals surface area contributed by atoms with Crippen LogP contribution in [0.5, 0.6) is 0 Å². The van der Waals surface area contributed by atoms with E-state index in [1.165, 1.54) is 0 Å². The van der Waals surface area contributed by atoms with E-state index >= 15 is 0 Å². The molecule has 1 fully saturated rings. The second-order valence-corrected chi connectivity index (χ2v) is 13.9. The van der Waals surface area contributed by atoms with Gasteiger partial charge < -0.3 is 35.3 Å². The van der Waals surface area contributed by atoms with Crippen LogP contribution >= 0.6 is 24.0 Å². The van der Waals surface area contributed by atoms with Gasteiger partial charge in [0.25, 0.3) is 0 Å². The number of likely N-dealkylation sites (tertiary alicyclic amines) is 1. The molecule has 0 aliphatic carbocycles. The third-order valence-electron chi connectivity index (χ3n) is 9.34. The summed E-state index contributed by atoms with van der Waals surface area (Å²) in [6.45, 7) is 0.0589. The Hall–Kier alpha value is -3.31. The predicted octanol–water partition coefficient (Wildman–Crippen LogP) is 2.52. The Morgan fingerprint density at radius 3 is 1.39 bits per heavy atom. The number of piperidine rings is 1. The molecule has 14 nitrogen and oxygen atoms in total. The molecule has 0 unspecified atom stereocenters. The van der Waals surface area contributed by atoms with Gasteiger partial charge in [0.05, 0.1) is 31.8 Å². The molecule has 3 aromatic carbocycles. The maximum absolute atomic E-state index is 13.8. The first-order valence-electron chi connectivity index (χ1n) is 17.4. The van der Waals surface area contributed by atoms with Gasteiger partial charge in [-0.1, -0.05) is 84.4 Å². The molecule has 0 atom stereocenters. The Bertz CT molecular complexity index is 1590. The van der Waals surface area contributed by atoms with E-state index in [1.54, 1.807) is 4.90 Å². The molecule has 0 saturated carbocycles. The van der Waals surface area contributed by atoms with Gasteiger partial charge >= 0.3 is 61.6 Å². The topological polar surface area (TPSA) is 199 Å². The molecule has 0 aromatic heterocycles. The van der Waals surface area contributed by atoms with Crippen molar-refractivity contribution >= 4 is 91.5 Å². The third-order valence-corrected chi connectivity index (χ3v) is 9.59. The molecule has 1 aliphatic rings. The SMILES string of the molecule is CN(C)C(=O)C(CCN1CCC(O)(c2ccc(Cl)cc2)CC1)(c1ccccc1)c1ccccc1.Cl.O=C(O)CN(CCN(CC(=O)O)CC(=O)O)CC(=O)O.[CaH2]. The van der Waals surface area contributed by atoms with E-state index in [0.29, 0.717) is 24.3 Å². The van der Waals surface area contributed by atoms with Crippen molar-refractivity contribution in [3.63, 3.8) is 0 Å². The summed E-state index contributed by atoms with van der Waals surface area (Å²) < 4.78 is 0. The number of benzene rings is 3. The number of hydrogen-bond acceptors (Lipinski definition) is 9. The van der Waals surface area contributed by atoms with Gasteiger partial charge in [-0.2, -0.15) is 0 Å². The molecule has 1 heterocycles. The molecule has 3 aromatic rings. The van der Waals surface area contributed by atoms with Crippen LogP contribution in [0.1, 0.15) is 36.0 Å². The number of carboxylic acid groups (broad SMARTS) is 4. The van der Waals surface area contributed by atoms with Gasteiger partial charge in [-0.3, -0.25) is 33.8 Å². The molecule has 5 N–H and O–H groups in total. The van der Waals surface area contributed by atoms with Crippen molar-refractivity contribution < 1.29 is 49.5 Å². The number of hydrogen-bond donors (Lipinski definition) is 5. The number of aliphatic hydroxyl groups is 1. The molecule has 17 heteroatoms. The van der Waals surface area contributed by atoms with Crippen molar-refractivity contribution in [3.05, 3.63) is 107 Å². The average molecular weight is 848 g/mol. The van der Waals surface area contributed by atoms with E-state index in [4.69, 9.17) is 32.0 Å². The van der Waals surface area contributed by atoms with Gasteiger partial charge in [-0.05, 0) is 54.6 Å². The van der Waals surface area contributed by atoms with E-state index in [0.717, 1.165) is 46.1 Å². The number of amides is 1. The van der Waals surface area contributed by atoms with Crippen molar-refractivity contribution in [2.24, 2.45) is 0 Å². The molecule has 1 aliphatic heterocycles. The normalized spacial score (nSPS) is 13.7. The van der Waals surface area contributed by atoms with Crippen LogP contribution in [0, 0.1) is 0 Å². The molecule has 0 spiro atoms. The number of carboxylic acids is 4. The van der Waals surface area contributed by atoms with Gasteiger partial charge in [-0.25, -0.2) is 0 Å². The molecule has 0 bridgehead atoms. The quantitative estimate of drug-likeness (QED) is 0.117. The van der Waals surface area contributed by atoms with Gasteiger partial charge in [-0.15, -0.1) is 12.4 Å². The molecule has 0 radical (unpaired) electrons. The summed E-state index contributed by atoms with van der Waals surface area (Å²) in [4.78, 5) is 62.2. The van der Waals surface area contributed by atoms with Crippen molar-refractivity contribution in [1.29, 1.82) is 0 Å². The second-order valence-electron chi connectivity index (χ2n) is 13.5. The zero-order valence-corrected chi connectivity index (χ0v) is 32.5. The second kappa shape index (κ2) is 24.5. The van der Waals surface area contributed by atoms with Crippen LogP contribution in [-0.4, -0.2) is 186 Å². The van der Waals surface area contributed by atoms with E-state index in [2.05, 4.69) is 29.2 Å². The minimum atomic E-state index is -1.23. The zero-order chi connectivity index (χ0) is 39.9. The fraction of sp³-hybridized carbons (Fsp3) is 0.410. The first-order valence-corrected chi connectivity index (χ1v) is 17.8. The standard InChI is InChI=1S/C29H33ClN2O2.C10H16N2O8.Ca.ClH.2H/c1-31(2)27(33)29(24-9-5-3-6-10-24,25-11-7-4-8-12-25)19-22-32-20-17-28(34,18-21-32)23-13-15-26(30)16-14-23;13-7(14)3-11(4-8(15)16)1-2-12(5-9(17)18)6-10(19)20;;;;/h3-16,34H,17-22H2,1-2H3;1-6H2,(H,13,14)(H,15,16)(H,17,18)(H,19,20);;1H;;. The van der Waals surface area contributed by atoms with Crippen molar-refractivity contribution in [2.75, 3.05) is 73.0 Å². The monoisotopic (exact) mass is 846 g/mol. The zero-order valence-electron chi connectivity index (χ0n) is 30.9. The van der Waals surface area contributed by atoms with Crippen molar-refractivity contribution in [2.45, 2.75) is 30.3 Å². The van der Waals surface area contributed by atoms with Gasteiger partial charge in [0.15, 0.2) is 0 Å². The van der Waals surface area contributed by atoms with Gasteiger partial charge in [0.1, 0.15) is 5.41 Å². The first-order chi connectivity index (χ1) is 25.6. The maximum atomic E-state index is 13.8. The summed E-state index contributed by atoms with van der Waals surface area (Å²) in [6.07, 6.45) is 1.97. The summed E-state index contributed by atoms with van der Waals surface area (Å²) >= 11 is 6.03. The Balaban J connectivity index is 0.000000619. The summed E-state index contributed by atoms with van der Waals surface area (Å²) in [5, 5.41) is 46.4. The summed E-state index contributed by atoms with van der Waals surface area (Å²) in [5.41, 5.74) is 1.33. The molecule has 1 saturated heterocycles. The van der Waals surface area contributed by atoms with E-state index in [9.17, 15) is 29.1 Å². The van der Waals surface area contributed by atoms with Gasteiger partial charge in [0.2, 0.25) is 5.91 Å². The van der Waals surface area contributed by atoms with Crippen molar-refractivity contribution in [3.8, 4) is 0 Å². The number of carbonyl (C=O) groups excluding carboxylic acids is 1. The Labute approximate surface area is 368 Å². The van der Waals surface area contributed by atoms with Crippen LogP contribution in [-0.2, 0) is 35.0 Å². The number of likely N-dealkylation sites (N-methyl/N-ethyl adjacent to an activating group) is 1. The van der Waals surface area contributed by atoms with E-state index in [-0.39, 0.29) is 69.1 Å². The van der Waals surface area contributed by atoms with Gasteiger partial charge in [0, 0.05) is 45.3 Å². The molecule has 304 valence electrons. The number of nitrogens with zero attached hydrogens (tertiary/aromatic N) is 4. The number of aliphatic carboxylic acids is 4. The summed E-state index contributed by atoms with van der Waals surface area (Å²) in [7, 11) is 3.66. The fourth-order valence-corrected chi connectivity index (χ4v) is 6.76.